The minimum Gasteiger partial charge on any atom is -0.368 e. The van der Waals surface area contributed by atoms with Crippen LogP contribution >= 0.6 is 0 Å². The molecule has 2 atom stereocenters. The van der Waals surface area contributed by atoms with Crippen molar-refractivity contribution in [2.45, 2.75) is 37.9 Å². The summed E-state index contributed by atoms with van der Waals surface area (Å²) < 4.78 is 1.50. The molecule has 4 amide bonds. The standard InChI is InChI=1S/C19H23N7O4/c20-17(28)12-3-1-5-25(9-12)10-16(27)24-14(7-13-8-22-11-23-13)19(30)26-6-2-4-15(26)18(21)29/h1,3,5,8-9,11,14-15H,2,4,6-7,10H2,(H5-,20,21,22,23,24,27,28,29)/p+1. The Bertz CT molecular complexity index is 944. The first kappa shape index (κ1) is 21.0. The Labute approximate surface area is 172 Å². The van der Waals surface area contributed by atoms with E-state index >= 15 is 0 Å². The molecule has 1 saturated heterocycles. The van der Waals surface area contributed by atoms with Gasteiger partial charge >= 0.3 is 0 Å². The number of likely N-dealkylation sites (tertiary alicyclic amines) is 1. The lowest BCUT2D eigenvalue weighted by Crippen LogP contribution is -2.55. The molecule has 2 aromatic rings. The van der Waals surface area contributed by atoms with Crippen molar-refractivity contribution in [3.05, 3.63) is 48.3 Å². The number of aromatic amines is 1. The van der Waals surface area contributed by atoms with E-state index in [0.29, 0.717) is 25.1 Å². The van der Waals surface area contributed by atoms with Crippen molar-refractivity contribution in [2.75, 3.05) is 6.54 Å². The van der Waals surface area contributed by atoms with Crippen molar-refractivity contribution in [3.63, 3.8) is 0 Å². The number of rotatable bonds is 8. The highest BCUT2D eigenvalue weighted by Gasteiger charge is 2.37. The van der Waals surface area contributed by atoms with Crippen LogP contribution in [0.4, 0.5) is 0 Å². The maximum absolute atomic E-state index is 13.1. The molecule has 30 heavy (non-hydrogen) atoms. The van der Waals surface area contributed by atoms with Gasteiger partial charge in [-0.3, -0.25) is 19.2 Å². The zero-order valence-corrected chi connectivity index (χ0v) is 16.3. The van der Waals surface area contributed by atoms with Gasteiger partial charge in [0.25, 0.3) is 11.8 Å². The molecule has 0 aliphatic carbocycles. The second-order valence-electron chi connectivity index (χ2n) is 7.12. The lowest BCUT2D eigenvalue weighted by atomic mass is 10.1. The van der Waals surface area contributed by atoms with Crippen molar-refractivity contribution >= 4 is 23.6 Å². The number of hydrogen-bond acceptors (Lipinski definition) is 5. The molecular formula is C19H24N7O4+. The highest BCUT2D eigenvalue weighted by atomic mass is 16.2. The van der Waals surface area contributed by atoms with Gasteiger partial charge in [0, 0.05) is 30.9 Å². The number of nitrogens with two attached hydrogens (primary N) is 2. The second kappa shape index (κ2) is 9.16. The van der Waals surface area contributed by atoms with Gasteiger partial charge in [0.2, 0.25) is 18.4 Å². The Balaban J connectivity index is 1.74. The lowest BCUT2D eigenvalue weighted by Gasteiger charge is -2.27. The van der Waals surface area contributed by atoms with E-state index in [0.717, 1.165) is 0 Å². The van der Waals surface area contributed by atoms with E-state index in [2.05, 4.69) is 15.3 Å². The summed E-state index contributed by atoms with van der Waals surface area (Å²) in [7, 11) is 0. The Kier molecular flexibility index (Phi) is 6.40. The normalized spacial score (nSPS) is 16.8. The fourth-order valence-corrected chi connectivity index (χ4v) is 3.51. The summed E-state index contributed by atoms with van der Waals surface area (Å²) in [5.41, 5.74) is 11.6. The number of hydrogen-bond donors (Lipinski definition) is 4. The van der Waals surface area contributed by atoms with Crippen LogP contribution in [0, 0.1) is 0 Å². The lowest BCUT2D eigenvalue weighted by molar-refractivity contribution is -0.684. The first-order valence-electron chi connectivity index (χ1n) is 9.50. The van der Waals surface area contributed by atoms with Gasteiger partial charge < -0.3 is 26.7 Å². The fourth-order valence-electron chi connectivity index (χ4n) is 3.51. The minimum absolute atomic E-state index is 0.118. The number of carbonyl (C=O) groups excluding carboxylic acids is 4. The number of amides is 4. The molecule has 6 N–H and O–H groups in total. The number of carbonyl (C=O) groups is 4. The summed E-state index contributed by atoms with van der Waals surface area (Å²) in [5, 5.41) is 2.72. The van der Waals surface area contributed by atoms with Gasteiger partial charge in [-0.1, -0.05) is 0 Å². The molecule has 158 valence electrons. The smallest absolute Gasteiger partial charge is 0.286 e. The first-order chi connectivity index (χ1) is 14.3. The van der Waals surface area contributed by atoms with E-state index < -0.39 is 29.8 Å². The highest BCUT2D eigenvalue weighted by Crippen LogP contribution is 2.19. The maximum Gasteiger partial charge on any atom is 0.286 e. The molecule has 1 aliphatic rings. The molecule has 3 rings (SSSR count). The third kappa shape index (κ3) is 4.99. The quantitative estimate of drug-likeness (QED) is 0.366. The number of pyridine rings is 1. The van der Waals surface area contributed by atoms with E-state index in [9.17, 15) is 19.2 Å². The highest BCUT2D eigenvalue weighted by molar-refractivity contribution is 5.92. The van der Waals surface area contributed by atoms with E-state index in [4.69, 9.17) is 11.5 Å². The molecule has 2 aromatic heterocycles. The Morgan fingerprint density at radius 1 is 1.33 bits per heavy atom. The molecular weight excluding hydrogens is 390 g/mol. The fraction of sp³-hybridized carbons (Fsp3) is 0.368. The van der Waals surface area contributed by atoms with Crippen LogP contribution in [-0.2, 0) is 27.3 Å². The van der Waals surface area contributed by atoms with Gasteiger partial charge in [0.15, 0.2) is 12.4 Å². The summed E-state index contributed by atoms with van der Waals surface area (Å²) in [5.74, 6) is -1.99. The molecule has 0 saturated carbocycles. The topological polar surface area (TPSA) is 168 Å². The summed E-state index contributed by atoms with van der Waals surface area (Å²) in [6.07, 6.45) is 7.46. The van der Waals surface area contributed by atoms with Crippen LogP contribution in [0.5, 0.6) is 0 Å². The average Bonchev–Trinajstić information content (AvgIpc) is 3.39. The second-order valence-corrected chi connectivity index (χ2v) is 7.12. The largest absolute Gasteiger partial charge is 0.368 e. The maximum atomic E-state index is 13.1. The molecule has 0 radical (unpaired) electrons. The van der Waals surface area contributed by atoms with E-state index in [1.165, 1.54) is 22.0 Å². The SMILES string of the molecule is NC(=O)c1ccc[n+](CC(=O)NC(Cc2cnc[nH]2)C(=O)N2CCCC2C(N)=O)c1. The molecule has 0 bridgehead atoms. The Morgan fingerprint density at radius 2 is 2.13 bits per heavy atom. The first-order valence-corrected chi connectivity index (χ1v) is 9.50. The number of H-pyrrole nitrogens is 1. The van der Waals surface area contributed by atoms with Crippen LogP contribution in [0.25, 0.3) is 0 Å². The van der Waals surface area contributed by atoms with Crippen LogP contribution in [-0.4, -0.2) is 57.1 Å². The molecule has 1 fully saturated rings. The third-order valence-electron chi connectivity index (χ3n) is 4.95. The Hall–Kier alpha value is -3.76. The van der Waals surface area contributed by atoms with Gasteiger partial charge in [0.05, 0.1) is 6.33 Å². The van der Waals surface area contributed by atoms with Crippen LogP contribution in [0.2, 0.25) is 0 Å². The third-order valence-corrected chi connectivity index (χ3v) is 4.95. The summed E-state index contributed by atoms with van der Waals surface area (Å²) in [6, 6.07) is 1.55. The molecule has 0 aromatic carbocycles. The molecule has 1 aliphatic heterocycles. The molecule has 11 nitrogen and oxygen atoms in total. The van der Waals surface area contributed by atoms with Crippen LogP contribution < -0.4 is 21.4 Å². The molecule has 3 heterocycles. The number of primary amides is 2. The van der Waals surface area contributed by atoms with Gasteiger partial charge in [-0.05, 0) is 18.9 Å². The van der Waals surface area contributed by atoms with Gasteiger partial charge in [-0.15, -0.1) is 0 Å². The van der Waals surface area contributed by atoms with Crippen LogP contribution in [0.1, 0.15) is 28.9 Å². The summed E-state index contributed by atoms with van der Waals surface area (Å²) in [4.78, 5) is 57.0. The zero-order valence-electron chi connectivity index (χ0n) is 16.3. The zero-order chi connectivity index (χ0) is 21.7. The number of imidazole rings is 1. The van der Waals surface area contributed by atoms with Crippen LogP contribution in [0.3, 0.4) is 0 Å². The van der Waals surface area contributed by atoms with Crippen LogP contribution in [0.15, 0.2) is 37.1 Å². The van der Waals surface area contributed by atoms with Crippen molar-refractivity contribution in [2.24, 2.45) is 11.5 Å². The van der Waals surface area contributed by atoms with Crippen molar-refractivity contribution in [1.29, 1.82) is 0 Å². The number of nitrogens with zero attached hydrogens (tertiary/aromatic N) is 3. The predicted octanol–water partition coefficient (Wildman–Crippen LogP) is -2.00. The van der Waals surface area contributed by atoms with Crippen molar-refractivity contribution < 1.29 is 23.7 Å². The summed E-state index contributed by atoms with van der Waals surface area (Å²) >= 11 is 0. The van der Waals surface area contributed by atoms with Gasteiger partial charge in [-0.2, -0.15) is 4.57 Å². The van der Waals surface area contributed by atoms with Crippen molar-refractivity contribution in [3.8, 4) is 0 Å². The monoisotopic (exact) mass is 414 g/mol. The van der Waals surface area contributed by atoms with Gasteiger partial charge in [0.1, 0.15) is 17.6 Å². The molecule has 0 spiro atoms. The van der Waals surface area contributed by atoms with E-state index in [1.54, 1.807) is 24.5 Å². The van der Waals surface area contributed by atoms with E-state index in [-0.39, 0.29) is 24.4 Å². The average molecular weight is 414 g/mol. The Morgan fingerprint density at radius 3 is 2.80 bits per heavy atom. The molecule has 11 heteroatoms. The predicted molar refractivity (Wildman–Crippen MR) is 103 cm³/mol. The molecule has 2 unspecified atom stereocenters. The van der Waals surface area contributed by atoms with Gasteiger partial charge in [-0.25, -0.2) is 4.98 Å². The summed E-state index contributed by atoms with van der Waals surface area (Å²) in [6.45, 7) is 0.282. The number of aromatic nitrogens is 3. The van der Waals surface area contributed by atoms with Crippen molar-refractivity contribution in [1.82, 2.24) is 20.2 Å². The van der Waals surface area contributed by atoms with E-state index in [1.807, 2.05) is 0 Å². The number of nitrogens with one attached hydrogen (secondary N) is 2. The minimum atomic E-state index is -0.905.